The Hall–Kier alpha value is -3.60. The molecular formula is C38H52N8O3Si. The van der Waals surface area contributed by atoms with E-state index < -0.39 is 5.16 Å². The molecule has 0 saturated carbocycles. The largest absolute Gasteiger partial charge is 0.462 e. The molecule has 0 bridgehead atoms. The van der Waals surface area contributed by atoms with Gasteiger partial charge in [-0.05, 0) is 62.9 Å². The number of piperazine rings is 1. The van der Waals surface area contributed by atoms with Crippen LogP contribution in [-0.4, -0.2) is 136 Å². The summed E-state index contributed by atoms with van der Waals surface area (Å²) >= 11 is 0. The minimum Gasteiger partial charge on any atom is -0.462 e. The van der Waals surface area contributed by atoms with E-state index in [-0.39, 0.29) is 5.91 Å². The lowest BCUT2D eigenvalue weighted by Crippen LogP contribution is -2.64. The van der Waals surface area contributed by atoms with Crippen molar-refractivity contribution in [3.05, 3.63) is 64.4 Å². The number of anilines is 1. The first kappa shape index (κ1) is 34.8. The van der Waals surface area contributed by atoms with Gasteiger partial charge in [0, 0.05) is 86.3 Å². The van der Waals surface area contributed by atoms with Crippen molar-refractivity contribution in [3.63, 3.8) is 0 Å². The minimum absolute atomic E-state index is 0.00895. The Morgan fingerprint density at radius 2 is 2.04 bits per heavy atom. The molecule has 3 fully saturated rings. The van der Waals surface area contributed by atoms with Gasteiger partial charge in [0.2, 0.25) is 5.91 Å². The van der Waals surface area contributed by atoms with Gasteiger partial charge in [0.1, 0.15) is 12.4 Å². The Morgan fingerprint density at radius 3 is 2.84 bits per heavy atom. The van der Waals surface area contributed by atoms with E-state index in [0.29, 0.717) is 61.0 Å². The number of nitrogens with zero attached hydrogens (tertiary/aromatic N) is 8. The molecule has 1 amide bonds. The normalized spacial score (nSPS) is 26.3. The van der Waals surface area contributed by atoms with E-state index in [1.54, 1.807) is 6.08 Å². The van der Waals surface area contributed by atoms with Crippen LogP contribution in [0.5, 0.6) is 6.01 Å². The second kappa shape index (κ2) is 15.3. The van der Waals surface area contributed by atoms with Crippen molar-refractivity contribution in [3.8, 4) is 12.1 Å². The van der Waals surface area contributed by atoms with Crippen LogP contribution in [0.1, 0.15) is 59.7 Å². The van der Waals surface area contributed by atoms with E-state index in [0.717, 1.165) is 83.3 Å². The van der Waals surface area contributed by atoms with Crippen LogP contribution in [-0.2, 0) is 22.5 Å². The Balaban J connectivity index is 1.14. The van der Waals surface area contributed by atoms with Gasteiger partial charge < -0.3 is 24.2 Å². The van der Waals surface area contributed by atoms with Crippen LogP contribution in [0.15, 0.2) is 36.4 Å². The van der Waals surface area contributed by atoms with Gasteiger partial charge in [-0.15, -0.1) is 0 Å². The lowest BCUT2D eigenvalue weighted by molar-refractivity contribution is -0.129. The lowest BCUT2D eigenvalue weighted by atomic mass is 9.87. The number of morpholine rings is 1. The molecule has 12 heteroatoms. The molecule has 1 unspecified atom stereocenters. The summed E-state index contributed by atoms with van der Waals surface area (Å²) in [4.78, 5) is 35.4. The molecule has 5 aliphatic rings. The Kier molecular flexibility index (Phi) is 10.7. The molecule has 1 aliphatic carbocycles. The number of carbonyl (C=O) groups is 1. The Labute approximate surface area is 299 Å². The maximum atomic E-state index is 13.6. The molecule has 7 rings (SSSR count). The summed E-state index contributed by atoms with van der Waals surface area (Å²) in [5, 5.41) is 9.45. The number of hydrogen-bond acceptors (Lipinski definition) is 10. The number of benzene rings is 1. The van der Waals surface area contributed by atoms with Crippen molar-refractivity contribution in [2.45, 2.75) is 62.8 Å². The van der Waals surface area contributed by atoms with E-state index in [1.807, 2.05) is 11.0 Å². The molecule has 11 nitrogen and oxygen atoms in total. The Morgan fingerprint density at radius 1 is 1.18 bits per heavy atom. The molecule has 0 radical (unpaired) electrons. The smallest absolute Gasteiger partial charge is 0.318 e. The van der Waals surface area contributed by atoms with Gasteiger partial charge in [-0.1, -0.05) is 36.4 Å². The molecule has 50 heavy (non-hydrogen) atoms. The second-order valence-electron chi connectivity index (χ2n) is 14.9. The molecule has 2 aromatic rings. The fraction of sp³-hybridized carbons (Fsp3) is 0.579. The van der Waals surface area contributed by atoms with Crippen LogP contribution >= 0.6 is 0 Å². The number of carbonyl (C=O) groups excluding carboxylic acids is 1. The maximum Gasteiger partial charge on any atom is 0.318 e. The maximum absolute atomic E-state index is 13.6. The molecule has 1 aromatic heterocycles. The number of ether oxygens (including phenoxy) is 2. The van der Waals surface area contributed by atoms with Crippen LogP contribution in [0.2, 0.25) is 0 Å². The molecule has 266 valence electrons. The average molecular weight is 697 g/mol. The van der Waals surface area contributed by atoms with Crippen molar-refractivity contribution in [2.75, 3.05) is 84.1 Å². The van der Waals surface area contributed by atoms with Gasteiger partial charge in [0.05, 0.1) is 36.6 Å². The SMILES string of the molecule is Cc1cccc2c1C(N1CCc3c(nc(OC[C@@H]4CCCN4C)nc3N3CCN(C(=O)/C=C/CN4CCOCC4)[C@]([SiH3])(CC#N)C3)C1)CC=C2. The number of nitriles is 1. The lowest BCUT2D eigenvalue weighted by Gasteiger charge is -2.49. The molecule has 3 atom stereocenters. The van der Waals surface area contributed by atoms with Crippen LogP contribution in [0.4, 0.5) is 5.82 Å². The van der Waals surface area contributed by atoms with Crippen molar-refractivity contribution in [2.24, 2.45) is 0 Å². The van der Waals surface area contributed by atoms with Crippen molar-refractivity contribution < 1.29 is 14.3 Å². The number of amides is 1. The highest BCUT2D eigenvalue weighted by Gasteiger charge is 2.41. The van der Waals surface area contributed by atoms with E-state index in [2.05, 4.69) is 70.0 Å². The summed E-state index contributed by atoms with van der Waals surface area (Å²) < 4.78 is 11.9. The monoisotopic (exact) mass is 696 g/mol. The zero-order valence-electron chi connectivity index (χ0n) is 30.0. The fourth-order valence-corrected chi connectivity index (χ4v) is 9.54. The standard InChI is InChI=1S/C38H52N8O3Si/c1-28-7-3-8-29-9-4-11-33(35(28)29)44-18-13-31-32(25-44)40-37(49-26-30-10-5-16-42(30)2)41-36(31)45-19-20-46(38(50,27-45)14-15-39)34(47)12-6-17-43-21-23-48-24-22-43/h3-4,6-9,12,30,33H,5,10-11,13-14,16-27H2,1-2,50H3/b12-6+/t30-,33?,38-/m0/s1. The van der Waals surface area contributed by atoms with Crippen molar-refractivity contribution >= 4 is 28.0 Å². The quantitative estimate of drug-likeness (QED) is 0.287. The van der Waals surface area contributed by atoms with Crippen LogP contribution in [0.25, 0.3) is 6.08 Å². The highest BCUT2D eigenvalue weighted by molar-refractivity contribution is 6.18. The third-order valence-corrected chi connectivity index (χ3v) is 12.7. The molecular weight excluding hydrogens is 645 g/mol. The first-order chi connectivity index (χ1) is 24.3. The molecule has 0 spiro atoms. The van der Waals surface area contributed by atoms with Crippen LogP contribution in [0.3, 0.4) is 0 Å². The van der Waals surface area contributed by atoms with E-state index in [1.165, 1.54) is 28.7 Å². The van der Waals surface area contributed by atoms with E-state index in [9.17, 15) is 10.1 Å². The molecule has 4 aliphatic heterocycles. The number of hydrogen-bond donors (Lipinski definition) is 0. The highest BCUT2D eigenvalue weighted by Crippen LogP contribution is 2.39. The van der Waals surface area contributed by atoms with E-state index in [4.69, 9.17) is 19.4 Å². The van der Waals surface area contributed by atoms with E-state index >= 15 is 0 Å². The number of fused-ring (bicyclic) bond motifs is 2. The number of aromatic nitrogens is 2. The van der Waals surface area contributed by atoms with Gasteiger partial charge in [-0.2, -0.15) is 15.2 Å². The number of likely N-dealkylation sites (N-methyl/N-ethyl adjacent to an activating group) is 1. The first-order valence-electron chi connectivity index (χ1n) is 18.5. The first-order valence-corrected chi connectivity index (χ1v) is 19.5. The van der Waals surface area contributed by atoms with Gasteiger partial charge in [-0.3, -0.25) is 14.6 Å². The highest BCUT2D eigenvalue weighted by atomic mass is 28.1. The summed E-state index contributed by atoms with van der Waals surface area (Å²) in [6.07, 6.45) is 12.7. The predicted octanol–water partition coefficient (Wildman–Crippen LogP) is 2.29. The number of likely N-dealkylation sites (tertiary alicyclic amines) is 1. The van der Waals surface area contributed by atoms with Gasteiger partial charge >= 0.3 is 6.01 Å². The fourth-order valence-electron chi connectivity index (χ4n) is 8.56. The molecule has 3 saturated heterocycles. The van der Waals surface area contributed by atoms with Gasteiger partial charge in [0.15, 0.2) is 0 Å². The molecule has 5 heterocycles. The number of aryl methyl sites for hydroxylation is 1. The second-order valence-corrected chi connectivity index (χ2v) is 16.7. The third-order valence-electron chi connectivity index (χ3n) is 11.4. The van der Waals surface area contributed by atoms with Crippen LogP contribution in [0, 0.1) is 18.3 Å². The topological polar surface area (TPSA) is 101 Å². The zero-order valence-corrected chi connectivity index (χ0v) is 32.0. The van der Waals surface area contributed by atoms with Gasteiger partial charge in [-0.25, -0.2) is 0 Å². The minimum atomic E-state index is -0.533. The zero-order chi connectivity index (χ0) is 34.7. The van der Waals surface area contributed by atoms with Crippen molar-refractivity contribution in [1.29, 1.82) is 5.26 Å². The number of rotatable bonds is 9. The molecule has 0 N–H and O–H groups in total. The summed E-state index contributed by atoms with van der Waals surface area (Å²) in [6.45, 7) is 11.2. The summed E-state index contributed by atoms with van der Waals surface area (Å²) in [5.41, 5.74) is 6.27. The van der Waals surface area contributed by atoms with Gasteiger partial charge in [0.25, 0.3) is 0 Å². The average Bonchev–Trinajstić information content (AvgIpc) is 3.54. The Bertz CT molecular complexity index is 1660. The van der Waals surface area contributed by atoms with Crippen molar-refractivity contribution in [1.82, 2.24) is 29.6 Å². The summed E-state index contributed by atoms with van der Waals surface area (Å²) in [7, 11) is 2.82. The summed E-state index contributed by atoms with van der Waals surface area (Å²) in [6, 6.07) is 10.1. The summed E-state index contributed by atoms with van der Waals surface area (Å²) in [5.74, 6) is 0.906. The molecule has 1 aromatic carbocycles. The predicted molar refractivity (Wildman–Crippen MR) is 198 cm³/mol. The van der Waals surface area contributed by atoms with Crippen LogP contribution < -0.4 is 9.64 Å². The third kappa shape index (κ3) is 7.39.